The highest BCUT2D eigenvalue weighted by atomic mass is 79.9. The number of aryl methyl sites for hydroxylation is 1. The first-order valence-corrected chi connectivity index (χ1v) is 5.38. The van der Waals surface area contributed by atoms with Crippen LogP contribution in [0.3, 0.4) is 0 Å². The van der Waals surface area contributed by atoms with E-state index in [9.17, 15) is 0 Å². The zero-order valence-corrected chi connectivity index (χ0v) is 9.62. The van der Waals surface area contributed by atoms with Crippen LogP contribution in [0.1, 0.15) is 5.69 Å². The molecule has 0 amide bonds. The van der Waals surface area contributed by atoms with E-state index in [2.05, 4.69) is 30.8 Å². The number of nitrogens with zero attached hydrogens (tertiary/aromatic N) is 3. The summed E-state index contributed by atoms with van der Waals surface area (Å²) in [6.07, 6.45) is 1.79. The van der Waals surface area contributed by atoms with Crippen LogP contribution in [0.25, 0.3) is 0 Å². The smallest absolute Gasteiger partial charge is 0.147 e. The van der Waals surface area contributed by atoms with E-state index in [0.29, 0.717) is 0 Å². The zero-order chi connectivity index (χ0) is 9.97. The highest BCUT2D eigenvalue weighted by molar-refractivity contribution is 9.10. The van der Waals surface area contributed by atoms with E-state index in [0.717, 1.165) is 42.4 Å². The van der Waals surface area contributed by atoms with Gasteiger partial charge in [0.1, 0.15) is 10.4 Å². The number of anilines is 1. The van der Waals surface area contributed by atoms with E-state index >= 15 is 0 Å². The number of hydrogen-bond acceptors (Lipinski definition) is 4. The highest BCUT2D eigenvalue weighted by Crippen LogP contribution is 2.16. The third-order valence-corrected chi connectivity index (χ3v) is 2.99. The fraction of sp³-hybridized carbons (Fsp3) is 0.556. The maximum atomic E-state index is 5.28. The molecule has 0 aliphatic carbocycles. The van der Waals surface area contributed by atoms with Crippen molar-refractivity contribution in [2.45, 2.75) is 6.92 Å². The second kappa shape index (κ2) is 4.23. The van der Waals surface area contributed by atoms with E-state index in [1.807, 2.05) is 6.92 Å². The van der Waals surface area contributed by atoms with Gasteiger partial charge in [-0.25, -0.2) is 9.97 Å². The first-order valence-electron chi connectivity index (χ1n) is 4.59. The normalized spacial score (nSPS) is 17.1. The van der Waals surface area contributed by atoms with Crippen molar-refractivity contribution in [1.82, 2.24) is 9.97 Å². The molecule has 2 heterocycles. The lowest BCUT2D eigenvalue weighted by atomic mass is 10.4. The van der Waals surface area contributed by atoms with Crippen LogP contribution in [0.5, 0.6) is 0 Å². The molecular formula is C9H12BrN3O. The number of ether oxygens (including phenoxy) is 1. The second-order valence-corrected chi connectivity index (χ2v) is 3.95. The lowest BCUT2D eigenvalue weighted by molar-refractivity contribution is 0.122. The Morgan fingerprint density at radius 3 is 2.79 bits per heavy atom. The summed E-state index contributed by atoms with van der Waals surface area (Å²) >= 11 is 3.34. The van der Waals surface area contributed by atoms with Crippen LogP contribution in [-0.2, 0) is 4.74 Å². The van der Waals surface area contributed by atoms with Gasteiger partial charge in [-0.1, -0.05) is 0 Å². The second-order valence-electron chi connectivity index (χ2n) is 3.20. The van der Waals surface area contributed by atoms with Crippen molar-refractivity contribution in [3.8, 4) is 0 Å². The summed E-state index contributed by atoms with van der Waals surface area (Å²) in [5, 5.41) is 0. The molecule has 0 radical (unpaired) electrons. The topological polar surface area (TPSA) is 38.2 Å². The predicted octanol–water partition coefficient (Wildman–Crippen LogP) is 1.38. The molecule has 0 spiro atoms. The van der Waals surface area contributed by atoms with Gasteiger partial charge in [0.25, 0.3) is 0 Å². The maximum Gasteiger partial charge on any atom is 0.147 e. The van der Waals surface area contributed by atoms with Gasteiger partial charge < -0.3 is 9.64 Å². The number of hydrogen-bond donors (Lipinski definition) is 0. The van der Waals surface area contributed by atoms with Crippen LogP contribution < -0.4 is 4.90 Å². The molecule has 5 heteroatoms. The highest BCUT2D eigenvalue weighted by Gasteiger charge is 2.13. The summed E-state index contributed by atoms with van der Waals surface area (Å²) in [6, 6.07) is 0. The molecule has 1 saturated heterocycles. The molecule has 1 aliphatic heterocycles. The minimum atomic E-state index is 0.775. The van der Waals surface area contributed by atoms with Crippen LogP contribution in [-0.4, -0.2) is 36.3 Å². The molecule has 4 nitrogen and oxygen atoms in total. The molecule has 1 aromatic rings. The van der Waals surface area contributed by atoms with Gasteiger partial charge in [-0.3, -0.25) is 0 Å². The van der Waals surface area contributed by atoms with Gasteiger partial charge in [-0.2, -0.15) is 0 Å². The zero-order valence-electron chi connectivity index (χ0n) is 8.03. The van der Waals surface area contributed by atoms with Crippen LogP contribution in [0.4, 0.5) is 5.82 Å². The van der Waals surface area contributed by atoms with Crippen molar-refractivity contribution in [2.24, 2.45) is 0 Å². The predicted molar refractivity (Wildman–Crippen MR) is 57.5 cm³/mol. The standard InChI is InChI=1S/C9H12BrN3O/c1-7-9(10)11-6-8(12-7)13-2-4-14-5-3-13/h6H,2-5H2,1H3. The van der Waals surface area contributed by atoms with Gasteiger partial charge in [0.15, 0.2) is 0 Å². The minimum Gasteiger partial charge on any atom is -0.378 e. The van der Waals surface area contributed by atoms with E-state index in [1.54, 1.807) is 6.20 Å². The van der Waals surface area contributed by atoms with Crippen molar-refractivity contribution in [3.63, 3.8) is 0 Å². The Bertz CT molecular complexity index is 326. The molecule has 14 heavy (non-hydrogen) atoms. The van der Waals surface area contributed by atoms with Gasteiger partial charge >= 0.3 is 0 Å². The molecule has 76 valence electrons. The van der Waals surface area contributed by atoms with Crippen LogP contribution in [0, 0.1) is 6.92 Å². The lowest BCUT2D eigenvalue weighted by Crippen LogP contribution is -2.36. The number of rotatable bonds is 1. The average molecular weight is 258 g/mol. The fourth-order valence-corrected chi connectivity index (χ4v) is 1.59. The van der Waals surface area contributed by atoms with E-state index in [-0.39, 0.29) is 0 Å². The Morgan fingerprint density at radius 2 is 2.14 bits per heavy atom. The Balaban J connectivity index is 2.18. The maximum absolute atomic E-state index is 5.28. The molecule has 0 bridgehead atoms. The molecule has 1 aliphatic rings. The molecule has 1 aromatic heterocycles. The van der Waals surface area contributed by atoms with Crippen molar-refractivity contribution < 1.29 is 4.74 Å². The van der Waals surface area contributed by atoms with Gasteiger partial charge in [0, 0.05) is 13.1 Å². The lowest BCUT2D eigenvalue weighted by Gasteiger charge is -2.27. The molecule has 0 N–H and O–H groups in total. The van der Waals surface area contributed by atoms with Crippen molar-refractivity contribution >= 4 is 21.7 Å². The van der Waals surface area contributed by atoms with Crippen LogP contribution in [0.2, 0.25) is 0 Å². The van der Waals surface area contributed by atoms with Gasteiger partial charge in [0.05, 0.1) is 25.1 Å². The van der Waals surface area contributed by atoms with E-state index in [4.69, 9.17) is 4.74 Å². The van der Waals surface area contributed by atoms with Crippen molar-refractivity contribution in [3.05, 3.63) is 16.5 Å². The Labute approximate surface area is 91.4 Å². The number of aromatic nitrogens is 2. The molecule has 0 atom stereocenters. The van der Waals surface area contributed by atoms with Gasteiger partial charge in [-0.15, -0.1) is 0 Å². The molecule has 1 fully saturated rings. The third kappa shape index (κ3) is 2.04. The summed E-state index contributed by atoms with van der Waals surface area (Å²) < 4.78 is 6.09. The minimum absolute atomic E-state index is 0.775. The van der Waals surface area contributed by atoms with Crippen molar-refractivity contribution in [1.29, 1.82) is 0 Å². The first kappa shape index (κ1) is 9.86. The number of halogens is 1. The molecule has 0 aromatic carbocycles. The molecule has 0 unspecified atom stereocenters. The molecular weight excluding hydrogens is 246 g/mol. The molecule has 2 rings (SSSR count). The SMILES string of the molecule is Cc1nc(N2CCOCC2)cnc1Br. The van der Waals surface area contributed by atoms with Crippen LogP contribution in [0.15, 0.2) is 10.8 Å². The fourth-order valence-electron chi connectivity index (χ4n) is 1.40. The average Bonchev–Trinajstić information content (AvgIpc) is 2.23. The Hall–Kier alpha value is -0.680. The van der Waals surface area contributed by atoms with E-state index < -0.39 is 0 Å². The van der Waals surface area contributed by atoms with Crippen molar-refractivity contribution in [2.75, 3.05) is 31.2 Å². The van der Waals surface area contributed by atoms with E-state index in [1.165, 1.54) is 0 Å². The van der Waals surface area contributed by atoms with Gasteiger partial charge in [-0.05, 0) is 22.9 Å². The summed E-state index contributed by atoms with van der Waals surface area (Å²) in [5.41, 5.74) is 0.925. The number of morpholine rings is 1. The first-order chi connectivity index (χ1) is 6.77. The Kier molecular flexibility index (Phi) is 2.98. The Morgan fingerprint density at radius 1 is 1.43 bits per heavy atom. The van der Waals surface area contributed by atoms with Gasteiger partial charge in [0.2, 0.25) is 0 Å². The quantitative estimate of drug-likeness (QED) is 0.762. The summed E-state index contributed by atoms with van der Waals surface area (Å²) in [6.45, 7) is 5.29. The van der Waals surface area contributed by atoms with Crippen LogP contribution >= 0.6 is 15.9 Å². The molecule has 0 saturated carbocycles. The summed E-state index contributed by atoms with van der Waals surface area (Å²) in [7, 11) is 0. The summed E-state index contributed by atoms with van der Waals surface area (Å²) in [5.74, 6) is 0.939. The monoisotopic (exact) mass is 257 g/mol. The largest absolute Gasteiger partial charge is 0.378 e. The summed E-state index contributed by atoms with van der Waals surface area (Å²) in [4.78, 5) is 10.9. The third-order valence-electron chi connectivity index (χ3n) is 2.21.